The van der Waals surface area contributed by atoms with E-state index in [2.05, 4.69) is 20.2 Å². The Kier molecular flexibility index (Phi) is 11.0. The molecule has 7 aromatic rings. The maximum absolute atomic E-state index is 15.6. The Hall–Kier alpha value is -6.46. The van der Waals surface area contributed by atoms with Crippen molar-refractivity contribution in [2.45, 2.75) is 43.7 Å². The number of fused-ring (bicyclic) bond motifs is 5. The van der Waals surface area contributed by atoms with Gasteiger partial charge in [0, 0.05) is 38.1 Å². The van der Waals surface area contributed by atoms with E-state index in [0.29, 0.717) is 27.6 Å². The first kappa shape index (κ1) is 45.7. The molecule has 9 rings (SSSR count). The fourth-order valence-corrected chi connectivity index (χ4v) is 10.1. The van der Waals surface area contributed by atoms with E-state index in [1.807, 2.05) is 0 Å². The van der Waals surface area contributed by atoms with E-state index in [0.717, 1.165) is 33.5 Å². The number of benzene rings is 4. The van der Waals surface area contributed by atoms with Gasteiger partial charge in [0.15, 0.2) is 5.82 Å². The van der Waals surface area contributed by atoms with Gasteiger partial charge in [0.25, 0.3) is 17.9 Å². The highest BCUT2D eigenvalue weighted by Crippen LogP contribution is 2.68. The standard InChI is InChI=1S/C43H36ClF6N9O6S2/c1-56-37-32(12-11-29(44)35(37)40(54-56)55-66(3,62)63)59-41(52-30-16-22(7-10-26(30)42(59)61)21-5-8-25(9-6-21)57(2)67(4,64)65)31(15-20-13-23(45)17-24(46)14-20)51-33(60)19-58-38-34(36(53-58)39(47)48)27-18-28(27)43(38,49)50/h5-14,16-17,27-28,31,39H,15,18-19H2,1-4H3,(H,51,60)(H,54,55)/t27-,28+,31-/m0/s1. The number of aromatic nitrogens is 6. The summed E-state index contributed by atoms with van der Waals surface area (Å²) >= 11 is 6.64. The molecular formula is C43H36ClF6N9O6S2. The lowest BCUT2D eigenvalue weighted by Crippen LogP contribution is -2.38. The molecule has 1 saturated carbocycles. The number of anilines is 2. The van der Waals surface area contributed by atoms with Crippen LogP contribution in [0.25, 0.3) is 38.6 Å². The normalized spacial score (nSPS) is 16.9. The summed E-state index contributed by atoms with van der Waals surface area (Å²) in [6.07, 6.45) is -1.83. The molecule has 0 saturated heterocycles. The minimum atomic E-state index is -3.94. The van der Waals surface area contributed by atoms with Crippen LogP contribution in [0.5, 0.6) is 0 Å². The molecule has 2 N–H and O–H groups in total. The van der Waals surface area contributed by atoms with Crippen molar-refractivity contribution in [3.05, 3.63) is 128 Å². The second-order valence-electron chi connectivity index (χ2n) is 16.5. The van der Waals surface area contributed by atoms with Crippen LogP contribution in [-0.4, -0.2) is 71.4 Å². The van der Waals surface area contributed by atoms with E-state index >= 15 is 13.6 Å². The Morgan fingerprint density at radius 3 is 2.27 bits per heavy atom. The molecule has 2 aliphatic carbocycles. The molecule has 1 fully saturated rings. The summed E-state index contributed by atoms with van der Waals surface area (Å²) in [6.45, 7) is -1.02. The molecule has 0 bridgehead atoms. The van der Waals surface area contributed by atoms with E-state index in [4.69, 9.17) is 16.6 Å². The maximum Gasteiger partial charge on any atom is 0.293 e. The first-order chi connectivity index (χ1) is 31.4. The number of halogens is 7. The minimum absolute atomic E-state index is 0.00388. The summed E-state index contributed by atoms with van der Waals surface area (Å²) in [4.78, 5) is 34.2. The Bertz CT molecular complexity index is 3490. The van der Waals surface area contributed by atoms with Gasteiger partial charge in [-0.25, -0.2) is 39.4 Å². The SMILES string of the molecule is CN(c1ccc(-c2ccc3c(=O)n(-c4ccc(Cl)c5c(NS(C)(=O)=O)nn(C)c45)c([C@H](Cc4cc(F)cc(F)c4)NC(=O)Cn4nc(C(F)F)c5c4C(F)(F)[C@@H]4C[C@H]54)nc3c2)cc1)S(C)(=O)=O. The summed E-state index contributed by atoms with van der Waals surface area (Å²) in [5.41, 5.74) is -1.36. The molecule has 1 amide bonds. The number of hydrogen-bond acceptors (Lipinski definition) is 9. The van der Waals surface area contributed by atoms with Crippen LogP contribution >= 0.6 is 11.6 Å². The van der Waals surface area contributed by atoms with Crippen molar-refractivity contribution in [3.8, 4) is 16.8 Å². The lowest BCUT2D eigenvalue weighted by molar-refractivity contribution is -0.123. The fraction of sp³-hybridized carbons (Fsp3) is 0.279. The zero-order chi connectivity index (χ0) is 48.2. The maximum atomic E-state index is 15.6. The summed E-state index contributed by atoms with van der Waals surface area (Å²) in [6, 6.07) is 14.7. The van der Waals surface area contributed by atoms with Gasteiger partial charge < -0.3 is 5.32 Å². The molecule has 0 spiro atoms. The highest BCUT2D eigenvalue weighted by molar-refractivity contribution is 7.92. The monoisotopic (exact) mass is 987 g/mol. The van der Waals surface area contributed by atoms with Crippen molar-refractivity contribution >= 4 is 70.9 Å². The average molecular weight is 988 g/mol. The van der Waals surface area contributed by atoms with Crippen molar-refractivity contribution in [2.75, 3.05) is 28.6 Å². The number of carbonyl (C=O) groups is 1. The van der Waals surface area contributed by atoms with Crippen molar-refractivity contribution in [1.29, 1.82) is 0 Å². The third-order valence-corrected chi connectivity index (χ3v) is 14.0. The van der Waals surface area contributed by atoms with Gasteiger partial charge >= 0.3 is 0 Å². The topological polar surface area (TPSA) is 183 Å². The van der Waals surface area contributed by atoms with Gasteiger partial charge in [0.1, 0.15) is 35.4 Å². The Balaban J connectivity index is 1.25. The summed E-state index contributed by atoms with van der Waals surface area (Å²) in [7, 11) is -4.72. The number of aryl methyl sites for hydroxylation is 1. The van der Waals surface area contributed by atoms with Gasteiger partial charge in [-0.1, -0.05) is 29.8 Å². The van der Waals surface area contributed by atoms with Gasteiger partial charge in [-0.3, -0.25) is 32.5 Å². The lowest BCUT2D eigenvalue weighted by atomic mass is 10.0. The van der Waals surface area contributed by atoms with E-state index < -0.39 is 97.7 Å². The Labute approximate surface area is 382 Å². The van der Waals surface area contributed by atoms with Crippen LogP contribution in [0.1, 0.15) is 53.1 Å². The number of sulfonamides is 2. The number of amides is 1. The second-order valence-corrected chi connectivity index (χ2v) is 20.7. The molecule has 3 atom stereocenters. The van der Waals surface area contributed by atoms with E-state index in [1.165, 1.54) is 43.0 Å². The molecule has 350 valence electrons. The average Bonchev–Trinajstić information content (AvgIpc) is 3.78. The van der Waals surface area contributed by atoms with Crippen molar-refractivity contribution in [1.82, 2.24) is 34.4 Å². The second kappa shape index (κ2) is 16.1. The van der Waals surface area contributed by atoms with E-state index in [1.54, 1.807) is 30.3 Å². The fourth-order valence-electron chi connectivity index (χ4n) is 8.81. The summed E-state index contributed by atoms with van der Waals surface area (Å²) in [5, 5.41) is 10.7. The number of rotatable bonds is 13. The number of nitrogens with one attached hydrogen (secondary N) is 2. The highest BCUT2D eigenvalue weighted by Gasteiger charge is 2.67. The molecule has 15 nitrogen and oxygen atoms in total. The Morgan fingerprint density at radius 1 is 0.955 bits per heavy atom. The van der Waals surface area contributed by atoms with Crippen LogP contribution in [-0.2, 0) is 50.8 Å². The van der Waals surface area contributed by atoms with Gasteiger partial charge in [-0.15, -0.1) is 0 Å². The van der Waals surface area contributed by atoms with Crippen molar-refractivity contribution < 1.29 is 48.0 Å². The molecular weight excluding hydrogens is 952 g/mol. The van der Waals surface area contributed by atoms with Crippen molar-refractivity contribution in [2.24, 2.45) is 13.0 Å². The van der Waals surface area contributed by atoms with Gasteiger partial charge in [0.2, 0.25) is 26.0 Å². The smallest absolute Gasteiger partial charge is 0.293 e. The molecule has 67 heavy (non-hydrogen) atoms. The zero-order valence-electron chi connectivity index (χ0n) is 35.4. The van der Waals surface area contributed by atoms with Crippen LogP contribution in [0.2, 0.25) is 5.02 Å². The van der Waals surface area contributed by atoms with Crippen LogP contribution in [0.15, 0.2) is 77.6 Å². The van der Waals surface area contributed by atoms with Gasteiger partial charge in [-0.05, 0) is 77.6 Å². The summed E-state index contributed by atoms with van der Waals surface area (Å²) in [5.74, 6) is -9.26. The minimum Gasteiger partial charge on any atom is -0.344 e. The predicted molar refractivity (Wildman–Crippen MR) is 237 cm³/mol. The quantitative estimate of drug-likeness (QED) is 0.114. The number of alkyl halides is 4. The molecule has 0 unspecified atom stereocenters. The van der Waals surface area contributed by atoms with Crippen LogP contribution in [0.4, 0.5) is 37.8 Å². The number of carbonyl (C=O) groups excluding carboxylic acids is 1. The zero-order valence-corrected chi connectivity index (χ0v) is 37.8. The largest absolute Gasteiger partial charge is 0.344 e. The molecule has 0 aliphatic heterocycles. The predicted octanol–water partition coefficient (Wildman–Crippen LogP) is 7.08. The number of nitrogens with zero attached hydrogens (tertiary/aromatic N) is 7. The van der Waals surface area contributed by atoms with Gasteiger partial charge in [0.05, 0.1) is 56.8 Å². The van der Waals surface area contributed by atoms with Crippen LogP contribution in [0, 0.1) is 17.6 Å². The first-order valence-electron chi connectivity index (χ1n) is 20.2. The van der Waals surface area contributed by atoms with E-state index in [9.17, 15) is 39.2 Å². The van der Waals surface area contributed by atoms with Crippen LogP contribution < -0.4 is 19.9 Å². The molecule has 4 aromatic carbocycles. The molecule has 0 radical (unpaired) electrons. The van der Waals surface area contributed by atoms with Crippen LogP contribution in [0.3, 0.4) is 0 Å². The summed E-state index contributed by atoms with van der Waals surface area (Å²) < 4.78 is 145. The lowest BCUT2D eigenvalue weighted by Gasteiger charge is -2.24. The molecule has 3 aromatic heterocycles. The molecule has 2 aliphatic rings. The highest BCUT2D eigenvalue weighted by atomic mass is 35.5. The van der Waals surface area contributed by atoms with E-state index in [-0.39, 0.29) is 61.7 Å². The first-order valence-corrected chi connectivity index (χ1v) is 24.3. The van der Waals surface area contributed by atoms with Gasteiger partial charge in [-0.2, -0.15) is 19.0 Å². The number of hydrogen-bond donors (Lipinski definition) is 2. The van der Waals surface area contributed by atoms with Crippen molar-refractivity contribution in [3.63, 3.8) is 0 Å². The Morgan fingerprint density at radius 2 is 1.63 bits per heavy atom. The third-order valence-electron chi connectivity index (χ3n) is 11.9. The molecule has 3 heterocycles. The third kappa shape index (κ3) is 8.25. The molecule has 24 heteroatoms.